The minimum atomic E-state index is -0.0614. The van der Waals surface area contributed by atoms with E-state index in [2.05, 4.69) is 15.3 Å². The smallest absolute Gasteiger partial charge is 0.259 e. The van der Waals surface area contributed by atoms with Crippen molar-refractivity contribution >= 4 is 5.91 Å². The molecule has 26 heavy (non-hydrogen) atoms. The summed E-state index contributed by atoms with van der Waals surface area (Å²) in [7, 11) is 0. The second-order valence-electron chi connectivity index (χ2n) is 6.61. The summed E-state index contributed by atoms with van der Waals surface area (Å²) < 4.78 is 5.50. The number of pyridine rings is 1. The van der Waals surface area contributed by atoms with E-state index in [1.807, 2.05) is 18.0 Å². The number of hydrogen-bond donors (Lipinski definition) is 1. The average molecular weight is 353 g/mol. The summed E-state index contributed by atoms with van der Waals surface area (Å²) >= 11 is 0. The third kappa shape index (κ3) is 3.26. The zero-order valence-electron chi connectivity index (χ0n) is 14.9. The Labute approximate surface area is 152 Å². The molecule has 7 nitrogen and oxygen atoms in total. The third-order valence-corrected chi connectivity index (χ3v) is 4.89. The standard InChI is InChI=1S/C19H23N5O2/c1-2-26-18-14(5-3-9-21-18)19(25)24-10-7-15-13(12-24)11-22-17(23-15)16-6-4-8-20-16/h3,5,9,11,16,20H,2,4,6-8,10,12H2,1H3/t16-/m1/s1. The van der Waals surface area contributed by atoms with E-state index >= 15 is 0 Å². The molecule has 4 rings (SSSR count). The lowest BCUT2D eigenvalue weighted by Crippen LogP contribution is -2.37. The first-order valence-corrected chi connectivity index (χ1v) is 9.21. The van der Waals surface area contributed by atoms with Crippen LogP contribution in [0.2, 0.25) is 0 Å². The molecule has 1 atom stereocenters. The third-order valence-electron chi connectivity index (χ3n) is 4.89. The van der Waals surface area contributed by atoms with Crippen LogP contribution in [0.1, 0.15) is 53.2 Å². The van der Waals surface area contributed by atoms with Crippen molar-refractivity contribution in [2.24, 2.45) is 0 Å². The highest BCUT2D eigenvalue weighted by Gasteiger charge is 2.27. The molecule has 0 unspecified atom stereocenters. The zero-order valence-corrected chi connectivity index (χ0v) is 14.9. The van der Waals surface area contributed by atoms with Crippen LogP contribution in [0, 0.1) is 0 Å². The molecule has 2 aliphatic heterocycles. The van der Waals surface area contributed by atoms with Crippen molar-refractivity contribution < 1.29 is 9.53 Å². The molecule has 2 aromatic heterocycles. The molecule has 2 aliphatic rings. The van der Waals surface area contributed by atoms with Crippen molar-refractivity contribution in [1.29, 1.82) is 0 Å². The van der Waals surface area contributed by atoms with E-state index in [4.69, 9.17) is 9.72 Å². The number of nitrogens with zero attached hydrogens (tertiary/aromatic N) is 4. The minimum absolute atomic E-state index is 0.0614. The van der Waals surface area contributed by atoms with Gasteiger partial charge in [0.2, 0.25) is 5.88 Å². The lowest BCUT2D eigenvalue weighted by molar-refractivity contribution is 0.0728. The van der Waals surface area contributed by atoms with E-state index in [0.29, 0.717) is 31.1 Å². The minimum Gasteiger partial charge on any atom is -0.477 e. The Morgan fingerprint density at radius 3 is 3.15 bits per heavy atom. The van der Waals surface area contributed by atoms with Gasteiger partial charge in [0.15, 0.2) is 0 Å². The second-order valence-corrected chi connectivity index (χ2v) is 6.61. The maximum atomic E-state index is 12.9. The van der Waals surface area contributed by atoms with Crippen LogP contribution in [-0.2, 0) is 13.0 Å². The van der Waals surface area contributed by atoms with Gasteiger partial charge in [0.05, 0.1) is 18.3 Å². The summed E-state index contributed by atoms with van der Waals surface area (Å²) in [6.45, 7) is 4.55. The normalized spacial score (nSPS) is 19.3. The lowest BCUT2D eigenvalue weighted by Gasteiger charge is -2.29. The zero-order chi connectivity index (χ0) is 17.9. The highest BCUT2D eigenvalue weighted by atomic mass is 16.5. The van der Waals surface area contributed by atoms with Gasteiger partial charge in [-0.3, -0.25) is 4.79 Å². The van der Waals surface area contributed by atoms with Crippen molar-refractivity contribution in [3.63, 3.8) is 0 Å². The highest BCUT2D eigenvalue weighted by molar-refractivity contribution is 5.96. The Kier molecular flexibility index (Phi) is 4.79. The van der Waals surface area contributed by atoms with Gasteiger partial charge in [-0.2, -0.15) is 0 Å². The van der Waals surface area contributed by atoms with Crippen molar-refractivity contribution in [2.45, 2.75) is 38.8 Å². The molecule has 0 radical (unpaired) electrons. The van der Waals surface area contributed by atoms with E-state index in [9.17, 15) is 4.79 Å². The van der Waals surface area contributed by atoms with Crippen LogP contribution in [-0.4, -0.2) is 45.5 Å². The van der Waals surface area contributed by atoms with Crippen molar-refractivity contribution in [1.82, 2.24) is 25.2 Å². The summed E-state index contributed by atoms with van der Waals surface area (Å²) in [5.74, 6) is 1.21. The number of aromatic nitrogens is 3. The van der Waals surface area contributed by atoms with Crippen molar-refractivity contribution in [3.05, 3.63) is 47.2 Å². The number of hydrogen-bond acceptors (Lipinski definition) is 6. The summed E-state index contributed by atoms with van der Waals surface area (Å²) in [5.41, 5.74) is 2.59. The van der Waals surface area contributed by atoms with Crippen molar-refractivity contribution in [3.8, 4) is 5.88 Å². The fourth-order valence-electron chi connectivity index (χ4n) is 3.55. The van der Waals surface area contributed by atoms with E-state index in [1.165, 1.54) is 6.42 Å². The van der Waals surface area contributed by atoms with Crippen LogP contribution in [0.25, 0.3) is 0 Å². The summed E-state index contributed by atoms with van der Waals surface area (Å²) in [6, 6.07) is 3.79. The molecule has 1 saturated heterocycles. The first-order chi connectivity index (χ1) is 12.8. The summed E-state index contributed by atoms with van der Waals surface area (Å²) in [4.78, 5) is 28.2. The molecular weight excluding hydrogens is 330 g/mol. The largest absolute Gasteiger partial charge is 0.477 e. The number of ether oxygens (including phenoxy) is 1. The quantitative estimate of drug-likeness (QED) is 0.904. The average Bonchev–Trinajstić information content (AvgIpc) is 3.22. The Hall–Kier alpha value is -2.54. The van der Waals surface area contributed by atoms with Gasteiger partial charge in [-0.1, -0.05) is 0 Å². The summed E-state index contributed by atoms with van der Waals surface area (Å²) in [6.07, 6.45) is 6.52. The van der Waals surface area contributed by atoms with Crippen LogP contribution in [0.3, 0.4) is 0 Å². The fourth-order valence-corrected chi connectivity index (χ4v) is 3.55. The maximum absolute atomic E-state index is 12.9. The van der Waals surface area contributed by atoms with Gasteiger partial charge in [-0.05, 0) is 38.4 Å². The van der Waals surface area contributed by atoms with Gasteiger partial charge in [0, 0.05) is 37.5 Å². The molecular formula is C19H23N5O2. The van der Waals surface area contributed by atoms with Gasteiger partial charge >= 0.3 is 0 Å². The lowest BCUT2D eigenvalue weighted by atomic mass is 10.1. The number of rotatable bonds is 4. The van der Waals surface area contributed by atoms with Gasteiger partial charge in [-0.15, -0.1) is 0 Å². The number of nitrogens with one attached hydrogen (secondary N) is 1. The number of carbonyl (C=O) groups is 1. The molecule has 0 spiro atoms. The molecule has 2 aromatic rings. The molecule has 0 aliphatic carbocycles. The van der Waals surface area contributed by atoms with Gasteiger partial charge < -0.3 is 15.0 Å². The first kappa shape index (κ1) is 16.9. The molecule has 1 fully saturated rings. The van der Waals surface area contributed by atoms with Gasteiger partial charge in [0.1, 0.15) is 11.4 Å². The fraction of sp³-hybridized carbons (Fsp3) is 0.474. The Balaban J connectivity index is 1.52. The first-order valence-electron chi connectivity index (χ1n) is 9.21. The predicted molar refractivity (Wildman–Crippen MR) is 95.9 cm³/mol. The molecule has 0 aromatic carbocycles. The van der Waals surface area contributed by atoms with Crippen LogP contribution in [0.15, 0.2) is 24.5 Å². The topological polar surface area (TPSA) is 80.2 Å². The van der Waals surface area contributed by atoms with Crippen LogP contribution >= 0.6 is 0 Å². The molecule has 4 heterocycles. The monoisotopic (exact) mass is 353 g/mol. The van der Waals surface area contributed by atoms with Gasteiger partial charge in [-0.25, -0.2) is 15.0 Å². The Morgan fingerprint density at radius 1 is 1.42 bits per heavy atom. The number of fused-ring (bicyclic) bond motifs is 1. The van der Waals surface area contributed by atoms with E-state index in [0.717, 1.165) is 36.5 Å². The van der Waals surface area contributed by atoms with E-state index in [1.54, 1.807) is 18.3 Å². The van der Waals surface area contributed by atoms with Crippen molar-refractivity contribution in [2.75, 3.05) is 19.7 Å². The number of carbonyl (C=O) groups excluding carboxylic acids is 1. The van der Waals surface area contributed by atoms with Gasteiger partial charge in [0.25, 0.3) is 5.91 Å². The molecule has 7 heteroatoms. The second kappa shape index (κ2) is 7.37. The van der Waals surface area contributed by atoms with E-state index < -0.39 is 0 Å². The SMILES string of the molecule is CCOc1ncccc1C(=O)N1CCc2nc([C@H]3CCCN3)ncc2C1. The van der Waals surface area contributed by atoms with E-state index in [-0.39, 0.29) is 11.9 Å². The Morgan fingerprint density at radius 2 is 2.35 bits per heavy atom. The molecule has 0 bridgehead atoms. The summed E-state index contributed by atoms with van der Waals surface area (Å²) in [5, 5.41) is 3.44. The van der Waals surface area contributed by atoms with Crippen LogP contribution in [0.4, 0.5) is 0 Å². The predicted octanol–water partition coefficient (Wildman–Crippen LogP) is 1.89. The molecule has 1 N–H and O–H groups in total. The van der Waals surface area contributed by atoms with Crippen LogP contribution in [0.5, 0.6) is 5.88 Å². The molecule has 0 saturated carbocycles. The highest BCUT2D eigenvalue weighted by Crippen LogP contribution is 2.25. The maximum Gasteiger partial charge on any atom is 0.259 e. The van der Waals surface area contributed by atoms with Crippen LogP contribution < -0.4 is 10.1 Å². The Bertz CT molecular complexity index is 804. The molecule has 1 amide bonds. The molecule has 136 valence electrons. The number of amides is 1.